The third-order valence-electron chi connectivity index (χ3n) is 3.82. The molecule has 0 bridgehead atoms. The number of nitro groups is 1. The molecule has 0 atom stereocenters. The van der Waals surface area contributed by atoms with Crippen molar-refractivity contribution in [3.63, 3.8) is 0 Å². The second kappa shape index (κ2) is 7.77. The first-order valence-electron chi connectivity index (χ1n) is 7.69. The van der Waals surface area contributed by atoms with E-state index in [4.69, 9.17) is 21.7 Å². The molecule has 2 aromatic carbocycles. The Hall–Kier alpha value is -2.91. The van der Waals surface area contributed by atoms with Gasteiger partial charge in [0, 0.05) is 18.2 Å². The molecule has 1 heterocycles. The number of hydrogen-bond donors (Lipinski definition) is 0. The topological polar surface area (TPSA) is 81.9 Å². The van der Waals surface area contributed by atoms with Crippen molar-refractivity contribution in [1.29, 1.82) is 0 Å². The van der Waals surface area contributed by atoms with Crippen molar-refractivity contribution in [1.82, 2.24) is 0 Å². The number of thiocarbonyl (C=S) groups is 1. The Morgan fingerprint density at radius 1 is 1.15 bits per heavy atom. The van der Waals surface area contributed by atoms with E-state index in [1.54, 1.807) is 43.5 Å². The van der Waals surface area contributed by atoms with Crippen LogP contribution in [0, 0.1) is 10.1 Å². The third kappa shape index (κ3) is 3.79. The van der Waals surface area contributed by atoms with E-state index in [9.17, 15) is 14.9 Å². The molecule has 1 aliphatic rings. The van der Waals surface area contributed by atoms with E-state index in [0.717, 1.165) is 11.8 Å². The first kappa shape index (κ1) is 18.9. The van der Waals surface area contributed by atoms with Gasteiger partial charge in [-0.1, -0.05) is 24.0 Å². The molecular weight excluding hydrogens is 388 g/mol. The molecule has 1 saturated heterocycles. The molecule has 7 nitrogen and oxygen atoms in total. The molecule has 1 fully saturated rings. The minimum Gasteiger partial charge on any atom is -0.497 e. The van der Waals surface area contributed by atoms with Crippen LogP contribution in [0.3, 0.4) is 0 Å². The SMILES string of the molecule is COc1ccc(N2C(=O)/C(=C/c3ccc([N+](=O)[O-])cc3)SC2=S)c(OC)c1. The molecule has 0 spiro atoms. The molecule has 0 aliphatic carbocycles. The van der Waals surface area contributed by atoms with Crippen molar-refractivity contribution in [2.75, 3.05) is 19.1 Å². The number of amides is 1. The van der Waals surface area contributed by atoms with E-state index < -0.39 is 4.92 Å². The molecule has 3 rings (SSSR count). The van der Waals surface area contributed by atoms with Gasteiger partial charge in [-0.05, 0) is 35.9 Å². The van der Waals surface area contributed by atoms with Crippen LogP contribution < -0.4 is 14.4 Å². The van der Waals surface area contributed by atoms with Gasteiger partial charge in [0.1, 0.15) is 11.5 Å². The highest BCUT2D eigenvalue weighted by Crippen LogP contribution is 2.41. The summed E-state index contributed by atoms with van der Waals surface area (Å²) in [5.74, 6) is 0.775. The van der Waals surface area contributed by atoms with Gasteiger partial charge in [0.2, 0.25) is 0 Å². The van der Waals surface area contributed by atoms with Crippen molar-refractivity contribution in [3.8, 4) is 11.5 Å². The summed E-state index contributed by atoms with van der Waals surface area (Å²) in [6, 6.07) is 11.0. The summed E-state index contributed by atoms with van der Waals surface area (Å²) >= 11 is 6.53. The normalized spacial score (nSPS) is 15.3. The van der Waals surface area contributed by atoms with E-state index >= 15 is 0 Å². The first-order valence-corrected chi connectivity index (χ1v) is 8.91. The fraction of sp³-hybridized carbons (Fsp3) is 0.111. The second-order valence-corrected chi connectivity index (χ2v) is 7.08. The van der Waals surface area contributed by atoms with Crippen LogP contribution in [0.4, 0.5) is 11.4 Å². The molecule has 2 aromatic rings. The van der Waals surface area contributed by atoms with Crippen molar-refractivity contribution < 1.29 is 19.2 Å². The number of nitrogens with zero attached hydrogens (tertiary/aromatic N) is 2. The Kier molecular flexibility index (Phi) is 5.43. The minimum atomic E-state index is -0.473. The van der Waals surface area contributed by atoms with E-state index in [0.29, 0.717) is 32.0 Å². The molecule has 27 heavy (non-hydrogen) atoms. The second-order valence-electron chi connectivity index (χ2n) is 5.40. The smallest absolute Gasteiger partial charge is 0.270 e. The number of carbonyl (C=O) groups excluding carboxylic acids is 1. The summed E-state index contributed by atoms with van der Waals surface area (Å²) in [7, 11) is 3.05. The number of thioether (sulfide) groups is 1. The van der Waals surface area contributed by atoms with Gasteiger partial charge in [-0.3, -0.25) is 19.8 Å². The van der Waals surface area contributed by atoms with Gasteiger partial charge < -0.3 is 9.47 Å². The molecule has 0 unspecified atom stereocenters. The van der Waals surface area contributed by atoms with Gasteiger partial charge >= 0.3 is 0 Å². The zero-order chi connectivity index (χ0) is 19.6. The summed E-state index contributed by atoms with van der Waals surface area (Å²) in [4.78, 5) is 25.0. The molecule has 0 radical (unpaired) electrons. The zero-order valence-corrected chi connectivity index (χ0v) is 16.0. The Labute approximate surface area is 164 Å². The van der Waals surface area contributed by atoms with Gasteiger partial charge in [0.15, 0.2) is 4.32 Å². The monoisotopic (exact) mass is 402 g/mol. The van der Waals surface area contributed by atoms with E-state index in [2.05, 4.69) is 0 Å². The standard InChI is InChI=1S/C18H14N2O5S2/c1-24-13-7-8-14(15(10-13)25-2)19-17(21)16(27-18(19)26)9-11-3-5-12(6-4-11)20(22)23/h3-10H,1-2H3/b16-9-. The number of methoxy groups -OCH3 is 2. The van der Waals surface area contributed by atoms with Crippen LogP contribution in [0.15, 0.2) is 47.4 Å². The maximum atomic E-state index is 12.9. The number of ether oxygens (including phenoxy) is 2. The van der Waals surface area contributed by atoms with Crippen LogP contribution in [-0.4, -0.2) is 29.4 Å². The summed E-state index contributed by atoms with van der Waals surface area (Å²) < 4.78 is 10.9. The van der Waals surface area contributed by atoms with Gasteiger partial charge in [-0.25, -0.2) is 0 Å². The summed E-state index contributed by atoms with van der Waals surface area (Å²) in [6.45, 7) is 0. The predicted molar refractivity (Wildman–Crippen MR) is 108 cm³/mol. The quantitative estimate of drug-likeness (QED) is 0.323. The number of anilines is 1. The fourth-order valence-corrected chi connectivity index (χ4v) is 3.77. The zero-order valence-electron chi connectivity index (χ0n) is 14.4. The van der Waals surface area contributed by atoms with E-state index in [1.165, 1.54) is 24.1 Å². The average molecular weight is 402 g/mol. The maximum Gasteiger partial charge on any atom is 0.270 e. The number of benzene rings is 2. The van der Waals surface area contributed by atoms with Crippen molar-refractivity contribution in [2.24, 2.45) is 0 Å². The Balaban J connectivity index is 1.92. The largest absolute Gasteiger partial charge is 0.497 e. The summed E-state index contributed by atoms with van der Waals surface area (Å²) in [6.07, 6.45) is 1.65. The van der Waals surface area contributed by atoms with Crippen molar-refractivity contribution in [3.05, 3.63) is 63.0 Å². The fourth-order valence-electron chi connectivity index (χ4n) is 2.49. The van der Waals surface area contributed by atoms with Crippen LogP contribution in [0.1, 0.15) is 5.56 Å². The minimum absolute atomic E-state index is 0.0114. The molecule has 1 aliphatic heterocycles. The molecule has 9 heteroatoms. The van der Waals surface area contributed by atoms with Crippen LogP contribution in [0.5, 0.6) is 11.5 Å². The van der Waals surface area contributed by atoms with Crippen LogP contribution in [-0.2, 0) is 4.79 Å². The molecule has 0 N–H and O–H groups in total. The molecule has 0 saturated carbocycles. The number of nitro benzene ring substituents is 1. The number of carbonyl (C=O) groups is 1. The Morgan fingerprint density at radius 3 is 2.44 bits per heavy atom. The van der Waals surface area contributed by atoms with Gasteiger partial charge in [-0.15, -0.1) is 0 Å². The first-order chi connectivity index (χ1) is 12.9. The summed E-state index contributed by atoms with van der Waals surface area (Å²) in [5, 5.41) is 10.7. The van der Waals surface area contributed by atoms with Crippen LogP contribution in [0.2, 0.25) is 0 Å². The van der Waals surface area contributed by atoms with Crippen LogP contribution in [0.25, 0.3) is 6.08 Å². The highest BCUT2D eigenvalue weighted by atomic mass is 32.2. The maximum absolute atomic E-state index is 12.9. The van der Waals surface area contributed by atoms with Gasteiger partial charge in [0.25, 0.3) is 11.6 Å². The molecular formula is C18H14N2O5S2. The van der Waals surface area contributed by atoms with Gasteiger partial charge in [-0.2, -0.15) is 0 Å². The summed E-state index contributed by atoms with van der Waals surface area (Å²) in [5.41, 5.74) is 1.18. The predicted octanol–water partition coefficient (Wildman–Crippen LogP) is 4.02. The van der Waals surface area contributed by atoms with E-state index in [1.807, 2.05) is 0 Å². The number of rotatable bonds is 5. The lowest BCUT2D eigenvalue weighted by molar-refractivity contribution is -0.384. The third-order valence-corrected chi connectivity index (χ3v) is 5.13. The lowest BCUT2D eigenvalue weighted by Gasteiger charge is -2.18. The lowest BCUT2D eigenvalue weighted by Crippen LogP contribution is -2.27. The van der Waals surface area contributed by atoms with Crippen LogP contribution >= 0.6 is 24.0 Å². The lowest BCUT2D eigenvalue weighted by atomic mass is 10.2. The van der Waals surface area contributed by atoms with Gasteiger partial charge in [0.05, 0.1) is 29.7 Å². The highest BCUT2D eigenvalue weighted by molar-refractivity contribution is 8.27. The number of non-ortho nitro benzene ring substituents is 1. The number of hydrogen-bond acceptors (Lipinski definition) is 7. The molecule has 0 aromatic heterocycles. The van der Waals surface area contributed by atoms with E-state index in [-0.39, 0.29) is 11.6 Å². The highest BCUT2D eigenvalue weighted by Gasteiger charge is 2.35. The molecule has 1 amide bonds. The Bertz CT molecular complexity index is 957. The Morgan fingerprint density at radius 2 is 1.85 bits per heavy atom. The van der Waals surface area contributed by atoms with Crippen molar-refractivity contribution >= 4 is 51.7 Å². The average Bonchev–Trinajstić information content (AvgIpc) is 2.94. The van der Waals surface area contributed by atoms with Crippen molar-refractivity contribution in [2.45, 2.75) is 0 Å². The molecule has 138 valence electrons.